The highest BCUT2D eigenvalue weighted by Gasteiger charge is 2.39. The largest absolute Gasteiger partial charge is 0.323 e. The van der Waals surface area contributed by atoms with Gasteiger partial charge in [-0.2, -0.15) is 0 Å². The molecule has 1 heterocycles. The van der Waals surface area contributed by atoms with Crippen molar-refractivity contribution >= 4 is 27.8 Å². The summed E-state index contributed by atoms with van der Waals surface area (Å²) in [6.07, 6.45) is 2.40. The molecule has 2 amide bonds. The molecule has 1 aromatic carbocycles. The fourth-order valence-corrected chi connectivity index (χ4v) is 2.73. The van der Waals surface area contributed by atoms with E-state index in [1.165, 1.54) is 12.8 Å². The van der Waals surface area contributed by atoms with E-state index >= 15 is 0 Å². The molecule has 19 heavy (non-hydrogen) atoms. The molecule has 2 fully saturated rings. The summed E-state index contributed by atoms with van der Waals surface area (Å²) in [5.74, 6) is 0.906. The Kier molecular flexibility index (Phi) is 3.09. The number of amides is 2. The lowest BCUT2D eigenvalue weighted by molar-refractivity contribution is 0.203. The van der Waals surface area contributed by atoms with Gasteiger partial charge in [0, 0.05) is 11.0 Å². The molecule has 5 heteroatoms. The summed E-state index contributed by atoms with van der Waals surface area (Å²) in [4.78, 5) is 13.7. The van der Waals surface area contributed by atoms with E-state index in [1.807, 2.05) is 25.1 Å². The molecule has 2 N–H and O–H groups in total. The van der Waals surface area contributed by atoms with E-state index in [9.17, 15) is 4.79 Å². The number of hydrogen-bond acceptors (Lipinski definition) is 2. The standard InChI is InChI=1S/C14H16BrN3O/c1-8-6-10(4-5-11(8)15)12-13(16)17-14(19)18(12)7-9-2-3-9/h4-6,9,12H,2-3,7H2,1H3,(H2,16,17,19). The average molecular weight is 322 g/mol. The number of carbonyl (C=O) groups excluding carboxylic acids is 1. The summed E-state index contributed by atoms with van der Waals surface area (Å²) in [7, 11) is 0. The van der Waals surface area contributed by atoms with E-state index < -0.39 is 0 Å². The smallest absolute Gasteiger partial charge is 0.310 e. The van der Waals surface area contributed by atoms with Crippen LogP contribution in [0.2, 0.25) is 0 Å². The second-order valence-electron chi connectivity index (χ2n) is 5.35. The van der Waals surface area contributed by atoms with Gasteiger partial charge in [0.1, 0.15) is 11.9 Å². The number of hydrogen-bond donors (Lipinski definition) is 2. The third-order valence-electron chi connectivity index (χ3n) is 3.74. The van der Waals surface area contributed by atoms with Crippen LogP contribution in [0, 0.1) is 18.3 Å². The fraction of sp³-hybridized carbons (Fsp3) is 0.429. The van der Waals surface area contributed by atoms with Crippen molar-refractivity contribution in [2.45, 2.75) is 25.8 Å². The molecule has 0 spiro atoms. The summed E-state index contributed by atoms with van der Waals surface area (Å²) in [5.41, 5.74) is 2.13. The van der Waals surface area contributed by atoms with Crippen molar-refractivity contribution in [3.8, 4) is 0 Å². The minimum absolute atomic E-state index is 0.137. The number of urea groups is 1. The Morgan fingerprint density at radius 1 is 1.47 bits per heavy atom. The second-order valence-corrected chi connectivity index (χ2v) is 6.21. The van der Waals surface area contributed by atoms with Crippen molar-refractivity contribution < 1.29 is 4.79 Å². The van der Waals surface area contributed by atoms with Gasteiger partial charge in [-0.1, -0.05) is 28.1 Å². The van der Waals surface area contributed by atoms with E-state index in [-0.39, 0.29) is 17.9 Å². The first-order valence-corrected chi connectivity index (χ1v) is 7.27. The van der Waals surface area contributed by atoms with E-state index in [1.54, 1.807) is 4.90 Å². The van der Waals surface area contributed by atoms with E-state index in [4.69, 9.17) is 5.41 Å². The van der Waals surface area contributed by atoms with Gasteiger partial charge in [-0.05, 0) is 42.9 Å². The van der Waals surface area contributed by atoms with Crippen molar-refractivity contribution in [3.63, 3.8) is 0 Å². The third kappa shape index (κ3) is 2.39. The maximum Gasteiger partial charge on any atom is 0.323 e. The lowest BCUT2D eigenvalue weighted by atomic mass is 10.0. The van der Waals surface area contributed by atoms with Gasteiger partial charge >= 0.3 is 6.03 Å². The van der Waals surface area contributed by atoms with Crippen LogP contribution in [0.25, 0.3) is 0 Å². The molecule has 4 nitrogen and oxygen atoms in total. The highest BCUT2D eigenvalue weighted by Crippen LogP contribution is 2.35. The molecule has 1 unspecified atom stereocenters. The molecule has 100 valence electrons. The Morgan fingerprint density at radius 3 is 2.84 bits per heavy atom. The highest BCUT2D eigenvalue weighted by atomic mass is 79.9. The minimum Gasteiger partial charge on any atom is -0.310 e. The Labute approximate surface area is 120 Å². The molecule has 0 aromatic heterocycles. The first-order valence-electron chi connectivity index (χ1n) is 6.48. The van der Waals surface area contributed by atoms with Crippen LogP contribution in [-0.4, -0.2) is 23.3 Å². The van der Waals surface area contributed by atoms with Crippen molar-refractivity contribution in [2.24, 2.45) is 5.92 Å². The molecule has 3 rings (SSSR count). The maximum absolute atomic E-state index is 11.9. The number of nitrogens with zero attached hydrogens (tertiary/aromatic N) is 1. The topological polar surface area (TPSA) is 56.2 Å². The van der Waals surface area contributed by atoms with Crippen LogP contribution in [0.4, 0.5) is 4.79 Å². The third-order valence-corrected chi connectivity index (χ3v) is 4.63. The molecule has 0 radical (unpaired) electrons. The van der Waals surface area contributed by atoms with Gasteiger partial charge in [0.05, 0.1) is 0 Å². The molecule has 1 saturated carbocycles. The van der Waals surface area contributed by atoms with Gasteiger partial charge in [-0.3, -0.25) is 10.7 Å². The van der Waals surface area contributed by atoms with Crippen LogP contribution in [0.5, 0.6) is 0 Å². The lowest BCUT2D eigenvalue weighted by Gasteiger charge is -2.23. The maximum atomic E-state index is 11.9. The van der Waals surface area contributed by atoms with Crippen LogP contribution in [0.15, 0.2) is 22.7 Å². The average Bonchev–Trinajstić information content (AvgIpc) is 3.11. The Bertz CT molecular complexity index is 554. The molecule has 2 aliphatic rings. The van der Waals surface area contributed by atoms with Crippen LogP contribution < -0.4 is 5.32 Å². The van der Waals surface area contributed by atoms with Crippen LogP contribution in [-0.2, 0) is 0 Å². The minimum atomic E-state index is -0.250. The zero-order valence-corrected chi connectivity index (χ0v) is 12.3. The molecule has 1 aromatic rings. The van der Waals surface area contributed by atoms with Gasteiger partial charge in [0.25, 0.3) is 0 Å². The van der Waals surface area contributed by atoms with Gasteiger partial charge in [0.2, 0.25) is 0 Å². The van der Waals surface area contributed by atoms with E-state index in [2.05, 4.69) is 21.2 Å². The van der Waals surface area contributed by atoms with Crippen LogP contribution in [0.1, 0.15) is 30.0 Å². The molecule has 0 bridgehead atoms. The van der Waals surface area contributed by atoms with E-state index in [0.29, 0.717) is 5.92 Å². The first kappa shape index (κ1) is 12.7. The SMILES string of the molecule is Cc1cc(C2C(=N)NC(=O)N2CC2CC2)ccc1Br. The normalized spacial score (nSPS) is 22.8. The molecule has 1 aliphatic heterocycles. The Hall–Kier alpha value is -1.36. The van der Waals surface area contributed by atoms with Crippen molar-refractivity contribution in [1.29, 1.82) is 5.41 Å². The summed E-state index contributed by atoms with van der Waals surface area (Å²) >= 11 is 3.48. The van der Waals surface area contributed by atoms with Crippen LogP contribution >= 0.6 is 15.9 Å². The van der Waals surface area contributed by atoms with Gasteiger partial charge < -0.3 is 4.90 Å². The van der Waals surface area contributed by atoms with E-state index in [0.717, 1.165) is 22.1 Å². The zero-order chi connectivity index (χ0) is 13.6. The number of benzene rings is 1. The van der Waals surface area contributed by atoms with Crippen molar-refractivity contribution in [1.82, 2.24) is 10.2 Å². The van der Waals surface area contributed by atoms with Crippen molar-refractivity contribution in [2.75, 3.05) is 6.54 Å². The molecular formula is C14H16BrN3O. The second kappa shape index (κ2) is 4.63. The molecule has 1 atom stereocenters. The number of rotatable bonds is 3. The number of nitrogens with one attached hydrogen (secondary N) is 2. The lowest BCUT2D eigenvalue weighted by Crippen LogP contribution is -2.31. The predicted molar refractivity (Wildman–Crippen MR) is 77.3 cm³/mol. The van der Waals surface area contributed by atoms with Crippen LogP contribution in [0.3, 0.4) is 0 Å². The summed E-state index contributed by atoms with van der Waals surface area (Å²) in [6.45, 7) is 2.78. The summed E-state index contributed by atoms with van der Waals surface area (Å²) in [6, 6.07) is 5.62. The first-order chi connectivity index (χ1) is 9.06. The quantitative estimate of drug-likeness (QED) is 0.882. The number of amidine groups is 1. The van der Waals surface area contributed by atoms with Gasteiger partial charge in [-0.25, -0.2) is 4.79 Å². The number of aryl methyl sites for hydroxylation is 1. The monoisotopic (exact) mass is 321 g/mol. The fourth-order valence-electron chi connectivity index (χ4n) is 2.48. The summed E-state index contributed by atoms with van der Waals surface area (Å²) < 4.78 is 1.05. The van der Waals surface area contributed by atoms with Gasteiger partial charge in [-0.15, -0.1) is 0 Å². The predicted octanol–water partition coefficient (Wildman–Crippen LogP) is 3.21. The molecule has 1 saturated heterocycles. The van der Waals surface area contributed by atoms with Gasteiger partial charge in [0.15, 0.2) is 0 Å². The highest BCUT2D eigenvalue weighted by molar-refractivity contribution is 9.10. The molecular weight excluding hydrogens is 306 g/mol. The number of carbonyl (C=O) groups is 1. The summed E-state index contributed by atoms with van der Waals surface area (Å²) in [5, 5.41) is 10.6. The number of halogens is 1. The Morgan fingerprint density at radius 2 is 2.21 bits per heavy atom. The Balaban J connectivity index is 1.92. The van der Waals surface area contributed by atoms with Crippen molar-refractivity contribution in [3.05, 3.63) is 33.8 Å². The zero-order valence-electron chi connectivity index (χ0n) is 10.7. The molecule has 1 aliphatic carbocycles.